The Labute approximate surface area is 123 Å². The number of aromatic nitrogens is 2. The molecule has 5 heteroatoms. The maximum Gasteiger partial charge on any atom is 0.271 e. The van der Waals surface area contributed by atoms with Crippen molar-refractivity contribution in [3.05, 3.63) is 35.4 Å². The Bertz CT molecular complexity index is 564. The lowest BCUT2D eigenvalue weighted by atomic mass is 10.1. The van der Waals surface area contributed by atoms with Crippen LogP contribution in [-0.4, -0.2) is 21.8 Å². The van der Waals surface area contributed by atoms with Crippen LogP contribution in [0.2, 0.25) is 0 Å². The fourth-order valence-electron chi connectivity index (χ4n) is 2.48. The third kappa shape index (κ3) is 2.93. The summed E-state index contributed by atoms with van der Waals surface area (Å²) in [5, 5.41) is 0. The van der Waals surface area contributed by atoms with Gasteiger partial charge in [-0.1, -0.05) is 24.3 Å². The Kier molecular flexibility index (Phi) is 4.16. The molecule has 4 nitrogen and oxygen atoms in total. The fourth-order valence-corrected chi connectivity index (χ4v) is 3.00. The summed E-state index contributed by atoms with van der Waals surface area (Å²) in [5.41, 5.74) is 2.44. The second-order valence-electron chi connectivity index (χ2n) is 5.16. The molecular weight excluding hydrogens is 270 g/mol. The van der Waals surface area contributed by atoms with Crippen LogP contribution in [0.25, 0.3) is 0 Å². The highest BCUT2D eigenvalue weighted by Gasteiger charge is 2.19. The molecule has 20 heavy (non-hydrogen) atoms. The van der Waals surface area contributed by atoms with E-state index in [2.05, 4.69) is 32.7 Å². The highest BCUT2D eigenvalue weighted by molar-refractivity contribution is 6.99. The first kappa shape index (κ1) is 13.4. The summed E-state index contributed by atoms with van der Waals surface area (Å²) in [6.45, 7) is 4.78. The number of anilines is 1. The number of nitrogens with zero attached hydrogens (tertiary/aromatic N) is 3. The molecule has 3 rings (SSSR count). The van der Waals surface area contributed by atoms with Crippen LogP contribution < -0.4 is 9.64 Å². The van der Waals surface area contributed by atoms with Crippen LogP contribution in [-0.2, 0) is 6.61 Å². The van der Waals surface area contributed by atoms with Gasteiger partial charge in [-0.15, -0.1) is 4.37 Å². The lowest BCUT2D eigenvalue weighted by molar-refractivity contribution is 0.295. The van der Waals surface area contributed by atoms with Gasteiger partial charge in [-0.3, -0.25) is 0 Å². The molecule has 0 N–H and O–H groups in total. The summed E-state index contributed by atoms with van der Waals surface area (Å²) in [6.07, 6.45) is 3.77. The SMILES string of the molecule is Cc1ccccc1COc1nsnc1N1CCCCC1. The molecular formula is C15H19N3OS. The summed E-state index contributed by atoms with van der Waals surface area (Å²) < 4.78 is 14.6. The first-order valence-electron chi connectivity index (χ1n) is 7.09. The van der Waals surface area contributed by atoms with E-state index in [0.717, 1.165) is 18.9 Å². The van der Waals surface area contributed by atoms with Gasteiger partial charge in [0.15, 0.2) is 0 Å². The number of hydrogen-bond acceptors (Lipinski definition) is 5. The summed E-state index contributed by atoms with van der Waals surface area (Å²) in [7, 11) is 0. The molecule has 0 aliphatic carbocycles. The number of rotatable bonds is 4. The van der Waals surface area contributed by atoms with E-state index in [-0.39, 0.29) is 0 Å². The fraction of sp³-hybridized carbons (Fsp3) is 0.467. The van der Waals surface area contributed by atoms with Crippen molar-refractivity contribution in [1.82, 2.24) is 8.75 Å². The summed E-state index contributed by atoms with van der Waals surface area (Å²) in [6, 6.07) is 8.28. The number of piperidine rings is 1. The third-order valence-electron chi connectivity index (χ3n) is 3.72. The zero-order valence-corrected chi connectivity index (χ0v) is 12.5. The minimum atomic E-state index is 0.554. The molecule has 1 aromatic heterocycles. The van der Waals surface area contributed by atoms with Crippen LogP contribution in [0.4, 0.5) is 5.82 Å². The second-order valence-corrected chi connectivity index (χ2v) is 5.68. The first-order valence-corrected chi connectivity index (χ1v) is 7.82. The molecule has 106 valence electrons. The van der Waals surface area contributed by atoms with Crippen LogP contribution in [0.1, 0.15) is 30.4 Å². The molecule has 0 spiro atoms. The highest BCUT2D eigenvalue weighted by Crippen LogP contribution is 2.28. The van der Waals surface area contributed by atoms with E-state index in [1.807, 2.05) is 12.1 Å². The molecule has 1 fully saturated rings. The molecule has 0 unspecified atom stereocenters. The predicted molar refractivity (Wildman–Crippen MR) is 81.5 cm³/mol. The average Bonchev–Trinajstić information content (AvgIpc) is 2.96. The summed E-state index contributed by atoms with van der Waals surface area (Å²) in [4.78, 5) is 2.29. The predicted octanol–water partition coefficient (Wildman–Crippen LogP) is 3.42. The van der Waals surface area contributed by atoms with Gasteiger partial charge in [0.1, 0.15) is 6.61 Å². The van der Waals surface area contributed by atoms with Gasteiger partial charge in [-0.25, -0.2) is 0 Å². The zero-order valence-electron chi connectivity index (χ0n) is 11.7. The van der Waals surface area contributed by atoms with Crippen molar-refractivity contribution in [3.8, 4) is 5.88 Å². The van der Waals surface area contributed by atoms with E-state index in [1.165, 1.54) is 42.1 Å². The lowest BCUT2D eigenvalue weighted by Gasteiger charge is -2.26. The molecule has 2 heterocycles. The van der Waals surface area contributed by atoms with E-state index in [9.17, 15) is 0 Å². The third-order valence-corrected chi connectivity index (χ3v) is 4.23. The Hall–Kier alpha value is -1.62. The molecule has 2 aromatic rings. The van der Waals surface area contributed by atoms with Crippen molar-refractivity contribution in [1.29, 1.82) is 0 Å². The molecule has 0 amide bonds. The number of hydrogen-bond donors (Lipinski definition) is 0. The summed E-state index contributed by atoms with van der Waals surface area (Å²) in [5.74, 6) is 1.60. The minimum absolute atomic E-state index is 0.554. The summed E-state index contributed by atoms with van der Waals surface area (Å²) >= 11 is 1.23. The van der Waals surface area contributed by atoms with E-state index in [4.69, 9.17) is 4.74 Å². The maximum absolute atomic E-state index is 5.89. The molecule has 1 aliphatic rings. The van der Waals surface area contributed by atoms with E-state index >= 15 is 0 Å². The minimum Gasteiger partial charge on any atom is -0.470 e. The Morgan fingerprint density at radius 3 is 2.75 bits per heavy atom. The van der Waals surface area contributed by atoms with Crippen LogP contribution >= 0.6 is 11.7 Å². The number of benzene rings is 1. The molecule has 0 atom stereocenters. The molecule has 1 aliphatic heterocycles. The van der Waals surface area contributed by atoms with Gasteiger partial charge in [-0.05, 0) is 37.3 Å². The van der Waals surface area contributed by atoms with Gasteiger partial charge in [-0.2, -0.15) is 4.37 Å². The van der Waals surface area contributed by atoms with Crippen LogP contribution in [0.5, 0.6) is 5.88 Å². The van der Waals surface area contributed by atoms with Crippen molar-refractivity contribution in [3.63, 3.8) is 0 Å². The van der Waals surface area contributed by atoms with Gasteiger partial charge in [0.25, 0.3) is 5.88 Å². The monoisotopic (exact) mass is 289 g/mol. The van der Waals surface area contributed by atoms with Crippen molar-refractivity contribution in [2.75, 3.05) is 18.0 Å². The highest BCUT2D eigenvalue weighted by atomic mass is 32.1. The Balaban J connectivity index is 1.69. The molecule has 1 aromatic carbocycles. The van der Waals surface area contributed by atoms with Crippen molar-refractivity contribution < 1.29 is 4.74 Å². The van der Waals surface area contributed by atoms with Crippen molar-refractivity contribution in [2.24, 2.45) is 0 Å². The molecule has 1 saturated heterocycles. The molecule has 0 radical (unpaired) electrons. The second kappa shape index (κ2) is 6.22. The molecule has 0 saturated carbocycles. The van der Waals surface area contributed by atoms with E-state index in [1.54, 1.807) is 0 Å². The van der Waals surface area contributed by atoms with Gasteiger partial charge in [0.2, 0.25) is 5.82 Å². The van der Waals surface area contributed by atoms with E-state index < -0.39 is 0 Å². The van der Waals surface area contributed by atoms with Crippen molar-refractivity contribution in [2.45, 2.75) is 32.8 Å². The topological polar surface area (TPSA) is 38.3 Å². The van der Waals surface area contributed by atoms with E-state index in [0.29, 0.717) is 12.5 Å². The van der Waals surface area contributed by atoms with Gasteiger partial charge < -0.3 is 9.64 Å². The van der Waals surface area contributed by atoms with Crippen LogP contribution in [0, 0.1) is 6.92 Å². The zero-order chi connectivity index (χ0) is 13.8. The normalized spacial score (nSPS) is 15.3. The Morgan fingerprint density at radius 1 is 1.15 bits per heavy atom. The van der Waals surface area contributed by atoms with Crippen LogP contribution in [0.15, 0.2) is 24.3 Å². The number of aryl methyl sites for hydroxylation is 1. The van der Waals surface area contributed by atoms with Crippen molar-refractivity contribution >= 4 is 17.5 Å². The first-order chi connectivity index (χ1) is 9.84. The van der Waals surface area contributed by atoms with Gasteiger partial charge in [0, 0.05) is 13.1 Å². The standard InChI is InChI=1S/C15H19N3OS/c1-12-7-3-4-8-13(12)11-19-15-14(16-20-17-15)18-9-5-2-6-10-18/h3-4,7-8H,2,5-6,9-11H2,1H3. The maximum atomic E-state index is 5.89. The average molecular weight is 289 g/mol. The van der Waals surface area contributed by atoms with Gasteiger partial charge >= 0.3 is 0 Å². The van der Waals surface area contributed by atoms with Crippen LogP contribution in [0.3, 0.4) is 0 Å². The quantitative estimate of drug-likeness (QED) is 0.864. The lowest BCUT2D eigenvalue weighted by Crippen LogP contribution is -2.30. The largest absolute Gasteiger partial charge is 0.470 e. The van der Waals surface area contributed by atoms with Gasteiger partial charge in [0.05, 0.1) is 11.7 Å². The smallest absolute Gasteiger partial charge is 0.271 e. The molecule has 0 bridgehead atoms. The Morgan fingerprint density at radius 2 is 1.95 bits per heavy atom. The number of ether oxygens (including phenoxy) is 1.